The van der Waals surface area contributed by atoms with Gasteiger partial charge in [-0.1, -0.05) is 0 Å². The molecule has 1 N–H and O–H groups in total. The first-order valence-electron chi connectivity index (χ1n) is 3.70. The topological polar surface area (TPSA) is 20.2 Å². The lowest BCUT2D eigenvalue weighted by Crippen LogP contribution is -1.99. The summed E-state index contributed by atoms with van der Waals surface area (Å²) in [6, 6.07) is 2.52. The van der Waals surface area contributed by atoms with E-state index in [1.54, 1.807) is 6.92 Å². The quantitative estimate of drug-likeness (QED) is 0.721. The van der Waals surface area contributed by atoms with Crippen LogP contribution in [0.4, 0.5) is 8.78 Å². The molecule has 66 valence electrons. The number of aryl methyl sites for hydroxylation is 1. The number of halogens is 2. The Kier molecular flexibility index (Phi) is 2.76. The van der Waals surface area contributed by atoms with Crippen molar-refractivity contribution >= 4 is 0 Å². The molecule has 1 aromatic carbocycles. The largest absolute Gasteiger partial charge is 0.396 e. The van der Waals surface area contributed by atoms with Crippen LogP contribution in [0.25, 0.3) is 0 Å². The predicted octanol–water partition coefficient (Wildman–Crippen LogP) is 1.81. The average Bonchev–Trinajstić information content (AvgIpc) is 1.96. The summed E-state index contributed by atoms with van der Waals surface area (Å²) in [5, 5.41) is 8.50. The summed E-state index contributed by atoms with van der Waals surface area (Å²) in [6.07, 6.45) is 0.0257. The summed E-state index contributed by atoms with van der Waals surface area (Å²) in [5.74, 6) is -1.16. The van der Waals surface area contributed by atoms with E-state index < -0.39 is 11.6 Å². The monoisotopic (exact) mass is 172 g/mol. The van der Waals surface area contributed by atoms with E-state index in [0.29, 0.717) is 5.56 Å². The predicted molar refractivity (Wildman–Crippen MR) is 41.9 cm³/mol. The molecule has 1 rings (SSSR count). The Labute approximate surface area is 69.7 Å². The molecule has 3 heteroatoms. The van der Waals surface area contributed by atoms with Crippen LogP contribution in [0.1, 0.15) is 11.1 Å². The summed E-state index contributed by atoms with van der Waals surface area (Å²) in [4.78, 5) is 0. The Hall–Kier alpha value is -0.960. The first-order valence-corrected chi connectivity index (χ1v) is 3.70. The molecule has 0 spiro atoms. The lowest BCUT2D eigenvalue weighted by atomic mass is 10.1. The number of benzene rings is 1. The molecule has 0 aliphatic carbocycles. The number of hydrogen-bond acceptors (Lipinski definition) is 1. The highest BCUT2D eigenvalue weighted by Crippen LogP contribution is 2.15. The molecule has 0 amide bonds. The minimum Gasteiger partial charge on any atom is -0.396 e. The molecule has 0 radical (unpaired) electrons. The van der Waals surface area contributed by atoms with E-state index in [9.17, 15) is 8.78 Å². The summed E-state index contributed by atoms with van der Waals surface area (Å²) < 4.78 is 25.9. The third-order valence-corrected chi connectivity index (χ3v) is 1.65. The van der Waals surface area contributed by atoms with Gasteiger partial charge in [0.05, 0.1) is 0 Å². The first kappa shape index (κ1) is 9.13. The fraction of sp³-hybridized carbons (Fsp3) is 0.333. The van der Waals surface area contributed by atoms with Gasteiger partial charge in [-0.3, -0.25) is 0 Å². The van der Waals surface area contributed by atoms with Gasteiger partial charge in [-0.25, -0.2) is 8.78 Å². The van der Waals surface area contributed by atoms with E-state index in [1.807, 2.05) is 0 Å². The van der Waals surface area contributed by atoms with Gasteiger partial charge in [-0.15, -0.1) is 0 Å². The van der Waals surface area contributed by atoms with Gasteiger partial charge in [0.2, 0.25) is 0 Å². The molecule has 0 saturated heterocycles. The van der Waals surface area contributed by atoms with Crippen LogP contribution in [0.5, 0.6) is 0 Å². The van der Waals surface area contributed by atoms with Crippen molar-refractivity contribution in [3.05, 3.63) is 34.9 Å². The minimum atomic E-state index is -0.582. The minimum absolute atomic E-state index is 0.0257. The molecule has 1 aromatic rings. The van der Waals surface area contributed by atoms with E-state index >= 15 is 0 Å². The molecule has 12 heavy (non-hydrogen) atoms. The number of aliphatic hydroxyl groups excluding tert-OH is 1. The molecule has 0 aromatic heterocycles. The fourth-order valence-electron chi connectivity index (χ4n) is 1.08. The van der Waals surface area contributed by atoms with Crippen LogP contribution >= 0.6 is 0 Å². The molecule has 0 atom stereocenters. The highest BCUT2D eigenvalue weighted by molar-refractivity contribution is 5.25. The molecule has 0 heterocycles. The third kappa shape index (κ3) is 1.80. The molecule has 0 aliphatic rings. The maximum atomic E-state index is 12.9. The highest BCUT2D eigenvalue weighted by Gasteiger charge is 2.08. The van der Waals surface area contributed by atoms with Gasteiger partial charge in [0.15, 0.2) is 0 Å². The maximum Gasteiger partial charge on any atom is 0.129 e. The van der Waals surface area contributed by atoms with Gasteiger partial charge in [0.1, 0.15) is 11.6 Å². The average molecular weight is 172 g/mol. The van der Waals surface area contributed by atoms with Crippen molar-refractivity contribution in [1.29, 1.82) is 0 Å². The lowest BCUT2D eigenvalue weighted by Gasteiger charge is -2.03. The van der Waals surface area contributed by atoms with Gasteiger partial charge in [0, 0.05) is 18.6 Å². The van der Waals surface area contributed by atoms with Crippen molar-refractivity contribution in [2.24, 2.45) is 0 Å². The molecule has 0 unspecified atom stereocenters. The number of hydrogen-bond donors (Lipinski definition) is 1. The van der Waals surface area contributed by atoms with Crippen molar-refractivity contribution in [1.82, 2.24) is 0 Å². The second-order valence-electron chi connectivity index (χ2n) is 2.68. The zero-order valence-electron chi connectivity index (χ0n) is 6.77. The Morgan fingerprint density at radius 2 is 1.75 bits per heavy atom. The van der Waals surface area contributed by atoms with Crippen LogP contribution in [-0.2, 0) is 6.42 Å². The van der Waals surface area contributed by atoms with Crippen LogP contribution in [0.3, 0.4) is 0 Å². The normalized spacial score (nSPS) is 10.3. The van der Waals surface area contributed by atoms with Crippen LogP contribution in [0.15, 0.2) is 12.1 Å². The van der Waals surface area contributed by atoms with Crippen LogP contribution in [0, 0.1) is 18.6 Å². The van der Waals surface area contributed by atoms with Gasteiger partial charge in [-0.05, 0) is 24.6 Å². The van der Waals surface area contributed by atoms with Gasteiger partial charge < -0.3 is 5.11 Å². The van der Waals surface area contributed by atoms with E-state index in [0.717, 1.165) is 0 Å². The van der Waals surface area contributed by atoms with Gasteiger partial charge in [0.25, 0.3) is 0 Å². The summed E-state index contributed by atoms with van der Waals surface area (Å²) in [5.41, 5.74) is 0.509. The van der Waals surface area contributed by atoms with Crippen molar-refractivity contribution in [3.8, 4) is 0 Å². The first-order chi connectivity index (χ1) is 5.65. The van der Waals surface area contributed by atoms with E-state index in [1.165, 1.54) is 12.1 Å². The second-order valence-corrected chi connectivity index (χ2v) is 2.68. The highest BCUT2D eigenvalue weighted by atomic mass is 19.1. The maximum absolute atomic E-state index is 12.9. The summed E-state index contributed by atoms with van der Waals surface area (Å²) >= 11 is 0. The standard InChI is InChI=1S/C9H10F2O/c1-6-4-8(10)7(2-3-12)9(11)5-6/h4-5,12H,2-3H2,1H3. The molecule has 0 saturated carbocycles. The van der Waals surface area contributed by atoms with Crippen molar-refractivity contribution in [3.63, 3.8) is 0 Å². The molecule has 1 nitrogen and oxygen atoms in total. The van der Waals surface area contributed by atoms with Gasteiger partial charge >= 0.3 is 0 Å². The fourth-order valence-corrected chi connectivity index (χ4v) is 1.08. The summed E-state index contributed by atoms with van der Waals surface area (Å²) in [7, 11) is 0. The van der Waals surface area contributed by atoms with Crippen LogP contribution in [0.2, 0.25) is 0 Å². The van der Waals surface area contributed by atoms with Crippen LogP contribution < -0.4 is 0 Å². The third-order valence-electron chi connectivity index (χ3n) is 1.65. The Morgan fingerprint density at radius 3 is 2.17 bits per heavy atom. The number of aliphatic hydroxyl groups is 1. The SMILES string of the molecule is Cc1cc(F)c(CCO)c(F)c1. The molecule has 0 aliphatic heterocycles. The van der Waals surface area contributed by atoms with Crippen molar-refractivity contribution in [2.45, 2.75) is 13.3 Å². The Bertz CT molecular complexity index is 261. The van der Waals surface area contributed by atoms with Crippen molar-refractivity contribution in [2.75, 3.05) is 6.61 Å². The van der Waals surface area contributed by atoms with E-state index in [-0.39, 0.29) is 18.6 Å². The Morgan fingerprint density at radius 1 is 1.25 bits per heavy atom. The molecule has 0 bridgehead atoms. The van der Waals surface area contributed by atoms with E-state index in [4.69, 9.17) is 5.11 Å². The zero-order chi connectivity index (χ0) is 9.14. The smallest absolute Gasteiger partial charge is 0.129 e. The number of rotatable bonds is 2. The molecular formula is C9H10F2O. The summed E-state index contributed by atoms with van der Waals surface area (Å²) in [6.45, 7) is 1.38. The van der Waals surface area contributed by atoms with E-state index in [2.05, 4.69) is 0 Å². The molecule has 0 fully saturated rings. The van der Waals surface area contributed by atoms with Crippen LogP contribution in [-0.4, -0.2) is 11.7 Å². The van der Waals surface area contributed by atoms with Crippen molar-refractivity contribution < 1.29 is 13.9 Å². The second kappa shape index (κ2) is 3.63. The van der Waals surface area contributed by atoms with Gasteiger partial charge in [-0.2, -0.15) is 0 Å². The Balaban J connectivity index is 3.10. The lowest BCUT2D eigenvalue weighted by molar-refractivity contribution is 0.295. The molecular weight excluding hydrogens is 162 g/mol. The zero-order valence-corrected chi connectivity index (χ0v) is 6.77.